The van der Waals surface area contributed by atoms with Gasteiger partial charge >= 0.3 is 0 Å². The monoisotopic (exact) mass is 180 g/mol. The fourth-order valence-electron chi connectivity index (χ4n) is 2.68. The highest BCUT2D eigenvalue weighted by Gasteiger charge is 2.30. The van der Waals surface area contributed by atoms with Crippen molar-refractivity contribution in [2.45, 2.75) is 25.3 Å². The largest absolute Gasteiger partial charge is 0.310 e. The second kappa shape index (κ2) is 4.25. The SMILES string of the molecule is C=CCNC1CCN2CCCC1C2. The third-order valence-electron chi connectivity index (χ3n) is 3.39. The van der Waals surface area contributed by atoms with E-state index in [1.807, 2.05) is 6.08 Å². The molecule has 2 bridgehead atoms. The second-order valence-electron chi connectivity index (χ2n) is 4.30. The summed E-state index contributed by atoms with van der Waals surface area (Å²) in [6.45, 7) is 8.69. The summed E-state index contributed by atoms with van der Waals surface area (Å²) in [5, 5.41) is 3.58. The Hall–Kier alpha value is -0.340. The summed E-state index contributed by atoms with van der Waals surface area (Å²) in [6, 6.07) is 0.759. The van der Waals surface area contributed by atoms with Crippen molar-refractivity contribution < 1.29 is 0 Å². The zero-order valence-corrected chi connectivity index (χ0v) is 8.34. The molecular formula is C11H20N2. The van der Waals surface area contributed by atoms with Crippen molar-refractivity contribution in [2.24, 2.45) is 5.92 Å². The number of fused-ring (bicyclic) bond motifs is 2. The highest BCUT2D eigenvalue weighted by Crippen LogP contribution is 2.26. The lowest BCUT2D eigenvalue weighted by Crippen LogP contribution is -2.52. The first kappa shape index (κ1) is 9.22. The normalized spacial score (nSPS) is 38.6. The molecule has 1 N–H and O–H groups in total. The van der Waals surface area contributed by atoms with Gasteiger partial charge in [-0.2, -0.15) is 0 Å². The summed E-state index contributed by atoms with van der Waals surface area (Å²) in [6.07, 6.45) is 6.12. The number of piperidine rings is 2. The molecule has 2 aliphatic heterocycles. The van der Waals surface area contributed by atoms with E-state index in [4.69, 9.17) is 0 Å². The molecule has 2 fully saturated rings. The van der Waals surface area contributed by atoms with Crippen LogP contribution >= 0.6 is 0 Å². The molecule has 2 rings (SSSR count). The highest BCUT2D eigenvalue weighted by atomic mass is 15.2. The molecule has 2 nitrogen and oxygen atoms in total. The van der Waals surface area contributed by atoms with E-state index < -0.39 is 0 Å². The van der Waals surface area contributed by atoms with E-state index in [1.54, 1.807) is 0 Å². The zero-order valence-electron chi connectivity index (χ0n) is 8.34. The Bertz CT molecular complexity index is 179. The van der Waals surface area contributed by atoms with Crippen LogP contribution in [0, 0.1) is 5.92 Å². The molecular weight excluding hydrogens is 160 g/mol. The minimum Gasteiger partial charge on any atom is -0.310 e. The first-order chi connectivity index (χ1) is 6.40. The molecule has 2 heterocycles. The Morgan fingerprint density at radius 3 is 3.15 bits per heavy atom. The zero-order chi connectivity index (χ0) is 9.10. The van der Waals surface area contributed by atoms with Gasteiger partial charge in [-0.25, -0.2) is 0 Å². The van der Waals surface area contributed by atoms with Crippen molar-refractivity contribution in [1.82, 2.24) is 10.2 Å². The fourth-order valence-corrected chi connectivity index (χ4v) is 2.68. The van der Waals surface area contributed by atoms with Gasteiger partial charge in [-0.05, 0) is 38.3 Å². The molecule has 0 amide bonds. The molecule has 3 unspecified atom stereocenters. The molecule has 13 heavy (non-hydrogen) atoms. The van der Waals surface area contributed by atoms with Crippen LogP contribution in [-0.4, -0.2) is 37.1 Å². The van der Waals surface area contributed by atoms with Gasteiger partial charge < -0.3 is 10.2 Å². The Morgan fingerprint density at radius 2 is 2.31 bits per heavy atom. The average molecular weight is 180 g/mol. The molecule has 0 radical (unpaired) electrons. The van der Waals surface area contributed by atoms with Gasteiger partial charge in [0.05, 0.1) is 0 Å². The van der Waals surface area contributed by atoms with Gasteiger partial charge in [-0.1, -0.05) is 6.08 Å². The number of nitrogens with zero attached hydrogens (tertiary/aromatic N) is 1. The second-order valence-corrected chi connectivity index (χ2v) is 4.30. The summed E-state index contributed by atoms with van der Waals surface area (Å²) in [7, 11) is 0. The van der Waals surface area contributed by atoms with Crippen LogP contribution in [0.25, 0.3) is 0 Å². The third-order valence-corrected chi connectivity index (χ3v) is 3.39. The molecule has 0 spiro atoms. The maximum atomic E-state index is 3.75. The molecule has 0 aromatic heterocycles. The Morgan fingerprint density at radius 1 is 1.38 bits per heavy atom. The minimum atomic E-state index is 0.759. The van der Waals surface area contributed by atoms with Crippen LogP contribution in [0.15, 0.2) is 12.7 Å². The molecule has 3 atom stereocenters. The minimum absolute atomic E-state index is 0.759. The maximum absolute atomic E-state index is 3.75. The first-order valence-corrected chi connectivity index (χ1v) is 5.47. The quantitative estimate of drug-likeness (QED) is 0.658. The lowest BCUT2D eigenvalue weighted by molar-refractivity contribution is 0.0937. The predicted octanol–water partition coefficient (Wildman–Crippen LogP) is 1.25. The van der Waals surface area contributed by atoms with Gasteiger partial charge in [-0.15, -0.1) is 6.58 Å². The van der Waals surface area contributed by atoms with Crippen LogP contribution in [0.1, 0.15) is 19.3 Å². The van der Waals surface area contributed by atoms with E-state index in [0.717, 1.165) is 18.5 Å². The van der Waals surface area contributed by atoms with Crippen LogP contribution in [0.5, 0.6) is 0 Å². The number of rotatable bonds is 3. The van der Waals surface area contributed by atoms with E-state index in [1.165, 1.54) is 38.9 Å². The molecule has 2 saturated heterocycles. The van der Waals surface area contributed by atoms with Crippen LogP contribution in [0.4, 0.5) is 0 Å². The molecule has 2 aliphatic rings. The van der Waals surface area contributed by atoms with Crippen LogP contribution in [0.3, 0.4) is 0 Å². The van der Waals surface area contributed by atoms with Crippen molar-refractivity contribution in [1.29, 1.82) is 0 Å². The lowest BCUT2D eigenvalue weighted by atomic mass is 9.85. The number of nitrogens with one attached hydrogen (secondary N) is 1. The van der Waals surface area contributed by atoms with Crippen molar-refractivity contribution in [3.63, 3.8) is 0 Å². The first-order valence-electron chi connectivity index (χ1n) is 5.47. The van der Waals surface area contributed by atoms with Crippen LogP contribution < -0.4 is 5.32 Å². The maximum Gasteiger partial charge on any atom is 0.0135 e. The van der Waals surface area contributed by atoms with Crippen molar-refractivity contribution >= 4 is 0 Å². The standard InChI is InChI=1S/C11H20N2/c1-2-6-12-11-5-8-13-7-3-4-10(11)9-13/h2,10-12H,1,3-9H2. The topological polar surface area (TPSA) is 15.3 Å². The van der Waals surface area contributed by atoms with Gasteiger partial charge in [0, 0.05) is 19.1 Å². The smallest absolute Gasteiger partial charge is 0.0135 e. The van der Waals surface area contributed by atoms with Gasteiger partial charge in [0.25, 0.3) is 0 Å². The Labute approximate surface area is 81.0 Å². The summed E-state index contributed by atoms with van der Waals surface area (Å²) < 4.78 is 0. The van der Waals surface area contributed by atoms with Crippen LogP contribution in [0.2, 0.25) is 0 Å². The Kier molecular flexibility index (Phi) is 3.01. The van der Waals surface area contributed by atoms with Crippen molar-refractivity contribution in [2.75, 3.05) is 26.2 Å². The van der Waals surface area contributed by atoms with Gasteiger partial charge in [0.2, 0.25) is 0 Å². The van der Waals surface area contributed by atoms with E-state index in [-0.39, 0.29) is 0 Å². The van der Waals surface area contributed by atoms with Gasteiger partial charge in [0.1, 0.15) is 0 Å². The Balaban J connectivity index is 1.86. The molecule has 74 valence electrons. The third kappa shape index (κ3) is 2.12. The fraction of sp³-hybridized carbons (Fsp3) is 0.818. The summed E-state index contributed by atoms with van der Waals surface area (Å²) >= 11 is 0. The molecule has 0 aromatic carbocycles. The number of hydrogen-bond donors (Lipinski definition) is 1. The van der Waals surface area contributed by atoms with E-state index in [9.17, 15) is 0 Å². The predicted molar refractivity (Wildman–Crippen MR) is 55.8 cm³/mol. The van der Waals surface area contributed by atoms with E-state index in [2.05, 4.69) is 16.8 Å². The van der Waals surface area contributed by atoms with Gasteiger partial charge in [-0.3, -0.25) is 0 Å². The average Bonchev–Trinajstić information content (AvgIpc) is 2.18. The lowest BCUT2D eigenvalue weighted by Gasteiger charge is -2.42. The van der Waals surface area contributed by atoms with Crippen molar-refractivity contribution in [3.8, 4) is 0 Å². The molecule has 0 aromatic rings. The van der Waals surface area contributed by atoms with E-state index >= 15 is 0 Å². The molecule has 0 aliphatic carbocycles. The molecule has 0 saturated carbocycles. The molecule has 2 heteroatoms. The highest BCUT2D eigenvalue weighted by molar-refractivity contribution is 4.89. The summed E-state index contributed by atoms with van der Waals surface area (Å²) in [5.41, 5.74) is 0. The van der Waals surface area contributed by atoms with Crippen LogP contribution in [-0.2, 0) is 0 Å². The van der Waals surface area contributed by atoms with Crippen molar-refractivity contribution in [3.05, 3.63) is 12.7 Å². The summed E-state index contributed by atoms with van der Waals surface area (Å²) in [5.74, 6) is 0.905. The van der Waals surface area contributed by atoms with Gasteiger partial charge in [0.15, 0.2) is 0 Å². The van der Waals surface area contributed by atoms with E-state index in [0.29, 0.717) is 0 Å². The summed E-state index contributed by atoms with van der Waals surface area (Å²) in [4.78, 5) is 2.61. The number of hydrogen-bond acceptors (Lipinski definition) is 2.